The van der Waals surface area contributed by atoms with Crippen LogP contribution in [0.3, 0.4) is 0 Å². The number of rotatable bonds is 3. The molecule has 0 radical (unpaired) electrons. The van der Waals surface area contributed by atoms with Crippen molar-refractivity contribution in [2.45, 2.75) is 26.4 Å². The predicted octanol–water partition coefficient (Wildman–Crippen LogP) is 4.13. The highest BCUT2D eigenvalue weighted by Crippen LogP contribution is 2.28. The van der Waals surface area contributed by atoms with Crippen molar-refractivity contribution in [1.29, 1.82) is 0 Å². The molecule has 1 saturated heterocycles. The molecule has 2 aromatic carbocycles. The maximum absolute atomic E-state index is 3.71. The molecule has 112 valence electrons. The summed E-state index contributed by atoms with van der Waals surface area (Å²) in [6, 6.07) is 13.7. The summed E-state index contributed by atoms with van der Waals surface area (Å²) in [4.78, 5) is 5.14. The van der Waals surface area contributed by atoms with E-state index in [1.54, 1.807) is 0 Å². The molecule has 3 heteroatoms. The van der Waals surface area contributed by atoms with E-state index in [-0.39, 0.29) is 0 Å². The number of benzene rings is 2. The summed E-state index contributed by atoms with van der Waals surface area (Å²) in [6.07, 6.45) is 0. The highest BCUT2D eigenvalue weighted by Gasteiger charge is 2.19. The number of hydrogen-bond donors (Lipinski definition) is 0. The molecule has 1 aliphatic rings. The molecule has 1 aliphatic heterocycles. The van der Waals surface area contributed by atoms with Gasteiger partial charge in [0.05, 0.1) is 0 Å². The SMILES string of the molecule is CC(C)N1CCN(Cc2cccc3cccc(Br)c23)CC1. The van der Waals surface area contributed by atoms with E-state index < -0.39 is 0 Å². The van der Waals surface area contributed by atoms with Crippen LogP contribution in [0.5, 0.6) is 0 Å². The molecule has 1 fully saturated rings. The normalized spacial score (nSPS) is 17.7. The van der Waals surface area contributed by atoms with Crippen molar-refractivity contribution < 1.29 is 0 Å². The minimum absolute atomic E-state index is 0.666. The average Bonchev–Trinajstić information content (AvgIpc) is 2.48. The molecule has 0 spiro atoms. The van der Waals surface area contributed by atoms with Crippen LogP contribution >= 0.6 is 15.9 Å². The van der Waals surface area contributed by atoms with Crippen molar-refractivity contribution in [1.82, 2.24) is 9.80 Å². The van der Waals surface area contributed by atoms with Gasteiger partial charge < -0.3 is 0 Å². The molecule has 0 unspecified atom stereocenters. The van der Waals surface area contributed by atoms with Crippen LogP contribution in [0.4, 0.5) is 0 Å². The molecule has 0 bridgehead atoms. The third-order valence-electron chi connectivity index (χ3n) is 4.47. The summed E-state index contributed by atoms with van der Waals surface area (Å²) in [7, 11) is 0. The second-order valence-corrected chi connectivity index (χ2v) is 7.02. The predicted molar refractivity (Wildman–Crippen MR) is 93.6 cm³/mol. The smallest absolute Gasteiger partial charge is 0.0256 e. The van der Waals surface area contributed by atoms with Crippen molar-refractivity contribution in [2.24, 2.45) is 0 Å². The van der Waals surface area contributed by atoms with Crippen LogP contribution in [0.15, 0.2) is 40.9 Å². The van der Waals surface area contributed by atoms with Crippen LogP contribution in [0, 0.1) is 0 Å². The standard InChI is InChI=1S/C18H23BrN2/c1-14(2)21-11-9-20(10-12-21)13-16-7-3-5-15-6-4-8-17(19)18(15)16/h3-8,14H,9-13H2,1-2H3. The van der Waals surface area contributed by atoms with E-state index >= 15 is 0 Å². The molecule has 0 aliphatic carbocycles. The van der Waals surface area contributed by atoms with Crippen molar-refractivity contribution in [3.63, 3.8) is 0 Å². The first-order valence-electron chi connectivity index (χ1n) is 7.77. The fourth-order valence-electron chi connectivity index (χ4n) is 3.18. The van der Waals surface area contributed by atoms with Gasteiger partial charge in [0, 0.05) is 48.6 Å². The van der Waals surface area contributed by atoms with Crippen LogP contribution in [-0.4, -0.2) is 42.0 Å². The molecular formula is C18H23BrN2. The molecule has 1 heterocycles. The van der Waals surface area contributed by atoms with Crippen molar-refractivity contribution >= 4 is 26.7 Å². The molecule has 3 rings (SSSR count). The van der Waals surface area contributed by atoms with E-state index in [0.717, 1.165) is 6.54 Å². The summed E-state index contributed by atoms with van der Waals surface area (Å²) < 4.78 is 1.21. The van der Waals surface area contributed by atoms with Gasteiger partial charge in [0.1, 0.15) is 0 Å². The Hall–Kier alpha value is -0.900. The van der Waals surface area contributed by atoms with Gasteiger partial charge in [-0.1, -0.05) is 46.3 Å². The number of nitrogens with zero attached hydrogens (tertiary/aromatic N) is 2. The average molecular weight is 347 g/mol. The van der Waals surface area contributed by atoms with E-state index in [0.29, 0.717) is 6.04 Å². The maximum atomic E-state index is 3.71. The Labute approximate surface area is 135 Å². The number of halogens is 1. The lowest BCUT2D eigenvalue weighted by Gasteiger charge is -2.37. The summed E-state index contributed by atoms with van der Waals surface area (Å²) in [6.45, 7) is 10.3. The summed E-state index contributed by atoms with van der Waals surface area (Å²) in [5, 5.41) is 2.69. The van der Waals surface area contributed by atoms with Crippen LogP contribution < -0.4 is 0 Å². The van der Waals surface area contributed by atoms with Gasteiger partial charge in [-0.05, 0) is 30.9 Å². The highest BCUT2D eigenvalue weighted by molar-refractivity contribution is 9.10. The lowest BCUT2D eigenvalue weighted by Crippen LogP contribution is -2.48. The molecule has 0 N–H and O–H groups in total. The Morgan fingerprint density at radius 1 is 1.00 bits per heavy atom. The van der Waals surface area contributed by atoms with E-state index in [4.69, 9.17) is 0 Å². The lowest BCUT2D eigenvalue weighted by molar-refractivity contribution is 0.104. The van der Waals surface area contributed by atoms with Crippen LogP contribution in [0.25, 0.3) is 10.8 Å². The molecular weight excluding hydrogens is 324 g/mol. The Balaban J connectivity index is 1.77. The number of fused-ring (bicyclic) bond motifs is 1. The Bertz CT molecular complexity index is 610. The summed E-state index contributed by atoms with van der Waals surface area (Å²) in [5.41, 5.74) is 1.43. The molecule has 0 atom stereocenters. The van der Waals surface area contributed by atoms with Crippen LogP contribution in [0.2, 0.25) is 0 Å². The third-order valence-corrected chi connectivity index (χ3v) is 5.13. The molecule has 0 amide bonds. The zero-order chi connectivity index (χ0) is 14.8. The van der Waals surface area contributed by atoms with Gasteiger partial charge in [-0.25, -0.2) is 0 Å². The zero-order valence-electron chi connectivity index (χ0n) is 12.8. The first kappa shape index (κ1) is 15.0. The monoisotopic (exact) mass is 346 g/mol. The van der Waals surface area contributed by atoms with Crippen LogP contribution in [-0.2, 0) is 6.54 Å². The van der Waals surface area contributed by atoms with Gasteiger partial charge in [-0.3, -0.25) is 9.80 Å². The zero-order valence-corrected chi connectivity index (χ0v) is 14.4. The first-order chi connectivity index (χ1) is 10.1. The van der Waals surface area contributed by atoms with E-state index in [1.807, 2.05) is 0 Å². The van der Waals surface area contributed by atoms with Gasteiger partial charge >= 0.3 is 0 Å². The molecule has 2 nitrogen and oxygen atoms in total. The number of hydrogen-bond acceptors (Lipinski definition) is 2. The van der Waals surface area contributed by atoms with Crippen molar-refractivity contribution in [3.8, 4) is 0 Å². The minimum atomic E-state index is 0.666. The Kier molecular flexibility index (Phi) is 4.63. The van der Waals surface area contributed by atoms with Gasteiger partial charge in [0.15, 0.2) is 0 Å². The van der Waals surface area contributed by atoms with E-state index in [1.165, 1.54) is 47.0 Å². The lowest BCUT2D eigenvalue weighted by atomic mass is 10.0. The van der Waals surface area contributed by atoms with E-state index in [2.05, 4.69) is 76.0 Å². The molecule has 2 aromatic rings. The minimum Gasteiger partial charge on any atom is -0.298 e. The number of piperazine rings is 1. The molecule has 0 aromatic heterocycles. The second kappa shape index (κ2) is 6.47. The fraction of sp³-hybridized carbons (Fsp3) is 0.444. The second-order valence-electron chi connectivity index (χ2n) is 6.16. The van der Waals surface area contributed by atoms with Gasteiger partial charge in [-0.15, -0.1) is 0 Å². The molecule has 21 heavy (non-hydrogen) atoms. The van der Waals surface area contributed by atoms with Crippen LogP contribution in [0.1, 0.15) is 19.4 Å². The highest BCUT2D eigenvalue weighted by atomic mass is 79.9. The quantitative estimate of drug-likeness (QED) is 0.824. The van der Waals surface area contributed by atoms with Gasteiger partial charge in [0.25, 0.3) is 0 Å². The largest absolute Gasteiger partial charge is 0.298 e. The van der Waals surface area contributed by atoms with Gasteiger partial charge in [0.2, 0.25) is 0 Å². The van der Waals surface area contributed by atoms with E-state index in [9.17, 15) is 0 Å². The third kappa shape index (κ3) is 3.31. The Morgan fingerprint density at radius 3 is 2.33 bits per heavy atom. The maximum Gasteiger partial charge on any atom is 0.0256 e. The Morgan fingerprint density at radius 2 is 1.67 bits per heavy atom. The summed E-state index contributed by atoms with van der Waals surface area (Å²) in [5.74, 6) is 0. The summed E-state index contributed by atoms with van der Waals surface area (Å²) >= 11 is 3.71. The fourth-order valence-corrected chi connectivity index (χ4v) is 3.82. The topological polar surface area (TPSA) is 6.48 Å². The molecule has 0 saturated carbocycles. The van der Waals surface area contributed by atoms with Crippen molar-refractivity contribution in [3.05, 3.63) is 46.4 Å². The van der Waals surface area contributed by atoms with Crippen molar-refractivity contribution in [2.75, 3.05) is 26.2 Å². The van der Waals surface area contributed by atoms with Gasteiger partial charge in [-0.2, -0.15) is 0 Å². The first-order valence-corrected chi connectivity index (χ1v) is 8.57.